The van der Waals surface area contributed by atoms with Crippen LogP contribution in [0.3, 0.4) is 0 Å². The normalized spacial score (nSPS) is 11.2. The zero-order valence-electron chi connectivity index (χ0n) is 83.1. The molecule has 2 amide bonds. The van der Waals surface area contributed by atoms with E-state index < -0.39 is 40.3 Å². The zero-order valence-corrected chi connectivity index (χ0v) is 92.6. The van der Waals surface area contributed by atoms with Crippen molar-refractivity contribution in [1.29, 1.82) is 10.5 Å². The number of amidine groups is 1. The number of aromatic nitrogens is 6. The van der Waals surface area contributed by atoms with Gasteiger partial charge in [0.1, 0.15) is 57.4 Å². The van der Waals surface area contributed by atoms with Crippen LogP contribution in [0.4, 0.5) is 45.6 Å². The van der Waals surface area contributed by atoms with Crippen LogP contribution in [0.15, 0.2) is 170 Å². The number of halogens is 6. The summed E-state index contributed by atoms with van der Waals surface area (Å²) in [6, 6.07) is 41.0. The summed E-state index contributed by atoms with van der Waals surface area (Å²) in [5, 5.41) is 53.7. The fraction of sp³-hybridized carbons (Fsp3) is 0.384. The van der Waals surface area contributed by atoms with Gasteiger partial charge in [-0.1, -0.05) is 202 Å². The number of nitrogens with one attached hydrogen (secondary N) is 1. The summed E-state index contributed by atoms with van der Waals surface area (Å²) in [7, 11) is 0. The second kappa shape index (κ2) is 62.1. The maximum atomic E-state index is 12.2. The molecule has 13 N–H and O–H groups in total. The van der Waals surface area contributed by atoms with E-state index in [0.717, 1.165) is 44.0 Å². The van der Waals surface area contributed by atoms with Crippen molar-refractivity contribution in [2.75, 3.05) is 87.8 Å². The second-order valence-corrected chi connectivity index (χ2v) is 36.7. The number of nitrogens with two attached hydrogens (primary N) is 6. The summed E-state index contributed by atoms with van der Waals surface area (Å²) < 4.78 is 57.6. The number of anilines is 5. The lowest BCUT2D eigenvalue weighted by Gasteiger charge is -2.18. The quantitative estimate of drug-likeness (QED) is 0.00288. The molecule has 43 heteroatoms. The number of primary amides is 2. The first kappa shape index (κ1) is 123. The number of esters is 2. The van der Waals surface area contributed by atoms with Gasteiger partial charge in [0.25, 0.3) is 23.5 Å². The lowest BCUT2D eigenvalue weighted by Crippen LogP contribution is -2.40. The molecule has 2 unspecified atom stereocenters. The monoisotopic (exact) mass is 2330 g/mol. The lowest BCUT2D eigenvalue weighted by molar-refractivity contribution is -0.385. The van der Waals surface area contributed by atoms with Crippen LogP contribution in [0.2, 0.25) is 0 Å². The minimum absolute atomic E-state index is 0.00921. The summed E-state index contributed by atoms with van der Waals surface area (Å²) in [5.41, 5.74) is 43.4. The first-order valence-electron chi connectivity index (χ1n) is 44.8. The van der Waals surface area contributed by atoms with Crippen molar-refractivity contribution in [3.05, 3.63) is 233 Å². The maximum Gasteiger partial charge on any atom is 0.439 e. The van der Waals surface area contributed by atoms with Gasteiger partial charge in [0.15, 0.2) is 28.6 Å². The Bertz CT molecular complexity index is 6190. The number of ether oxygens (including phenoxy) is 9. The predicted molar refractivity (Wildman–Crippen MR) is 574 cm³/mol. The average molecular weight is 2340 g/mol. The lowest BCUT2D eigenvalue weighted by atomic mass is 9.98. The SMILES string of the molecule is CCOC(=O)C(C#N)C(C)C.CCOc1cc(Br)ccc1-n1nc(C(C)C)c(N)c1C(N)=O.CCOc1cc(Br)ccc1N.CCOc1cc(Br)ccc1[N+](=O)[O-].CCOc1cc(C#N)ccc1-n1nc(C(C)C)c(N)c1C(N)=O.[C-]#[N+]/C(=N\Nc1ccc(Br)cc1OCC)C(C)C.[C-]#[N+]C(N=Nc1ccc(Br)cc1OCC)(C(=O)OCC)C(C)C.[C-]#[N+]c1c(N)c(C(C)C)nn1-c1ccc(Br)cc1OCC. The highest BCUT2D eigenvalue weighted by molar-refractivity contribution is 9.11. The summed E-state index contributed by atoms with van der Waals surface area (Å²) in [6.07, 6.45) is 0. The van der Waals surface area contributed by atoms with Crippen LogP contribution in [-0.2, 0) is 19.1 Å². The number of hydrogen-bond donors (Lipinski definition) is 7. The Morgan fingerprint density at radius 1 is 0.493 bits per heavy atom. The molecule has 760 valence electrons. The third-order valence-corrected chi connectivity index (χ3v) is 21.8. The predicted octanol–water partition coefficient (Wildman–Crippen LogP) is 24.5. The van der Waals surface area contributed by atoms with E-state index in [1.54, 1.807) is 93.9 Å². The first-order chi connectivity index (χ1) is 67.3. The largest absolute Gasteiger partial charge is 0.492 e. The topological polar surface area (TPSA) is 514 Å². The number of amides is 2. The number of benzene rings is 7. The van der Waals surface area contributed by atoms with Gasteiger partial charge in [-0.25, -0.2) is 20.7 Å². The van der Waals surface area contributed by atoms with E-state index in [0.29, 0.717) is 156 Å². The third-order valence-electron chi connectivity index (χ3n) is 18.8. The molecule has 142 heavy (non-hydrogen) atoms. The number of hydrazone groups is 1. The molecule has 0 aliphatic carbocycles. The van der Waals surface area contributed by atoms with Crippen LogP contribution in [0.25, 0.3) is 31.6 Å². The molecule has 3 aromatic heterocycles. The number of nitriles is 2. The van der Waals surface area contributed by atoms with E-state index in [4.69, 9.17) is 107 Å². The molecule has 10 aromatic rings. The van der Waals surface area contributed by atoms with Crippen LogP contribution in [0.5, 0.6) is 40.2 Å². The van der Waals surface area contributed by atoms with Crippen LogP contribution in [0.1, 0.15) is 207 Å². The summed E-state index contributed by atoms with van der Waals surface area (Å²) in [6.45, 7) is 65.2. The molecule has 37 nitrogen and oxygen atoms in total. The highest BCUT2D eigenvalue weighted by Crippen LogP contribution is 2.41. The van der Waals surface area contributed by atoms with E-state index in [2.05, 4.69) is 152 Å². The van der Waals surface area contributed by atoms with Crippen LogP contribution in [0, 0.1) is 76.2 Å². The van der Waals surface area contributed by atoms with Crippen LogP contribution < -0.4 is 73.0 Å². The van der Waals surface area contributed by atoms with Crippen molar-refractivity contribution >= 4 is 171 Å². The number of nitrogens with zero attached hydrogens (tertiary/aromatic N) is 15. The maximum absolute atomic E-state index is 12.2. The number of nitro benzene ring substituents is 1. The number of rotatable bonds is 34. The van der Waals surface area contributed by atoms with Crippen molar-refractivity contribution in [3.63, 3.8) is 0 Å². The zero-order chi connectivity index (χ0) is 107. The number of hydrogen-bond acceptors (Lipinski definition) is 28. The Hall–Kier alpha value is -13.4. The smallest absolute Gasteiger partial charge is 0.439 e. The van der Waals surface area contributed by atoms with Crippen LogP contribution >= 0.6 is 95.6 Å². The molecular formula is C99H122Br6N22O15. The molecule has 3 heterocycles. The van der Waals surface area contributed by atoms with Gasteiger partial charge in [-0.05, 0) is 194 Å². The molecule has 0 saturated heterocycles. The van der Waals surface area contributed by atoms with E-state index in [-0.39, 0.29) is 64.9 Å². The van der Waals surface area contributed by atoms with E-state index in [1.165, 1.54) is 15.4 Å². The van der Waals surface area contributed by atoms with Crippen LogP contribution in [-0.4, -0.2) is 129 Å². The van der Waals surface area contributed by atoms with Crippen molar-refractivity contribution in [2.45, 2.75) is 169 Å². The Morgan fingerprint density at radius 2 is 0.873 bits per heavy atom. The Labute approximate surface area is 879 Å². The van der Waals surface area contributed by atoms with Crippen molar-refractivity contribution in [2.24, 2.45) is 50.5 Å². The van der Waals surface area contributed by atoms with E-state index in [1.807, 2.05) is 184 Å². The summed E-state index contributed by atoms with van der Waals surface area (Å²) in [4.78, 5) is 67.2. The van der Waals surface area contributed by atoms with Gasteiger partial charge in [0.2, 0.25) is 0 Å². The standard InChI is InChI=1S/C16H20BrN3O3.C16H19N5O2.C15H19BrN4O2.C15H17BrN4O.C13H16BrN3O.C8H8BrNO3.C8H10BrNO.C8H13NO2/c1-6-22-14-10-12(17)8-9-13(14)19-20-16(18-5,11(3)4)15(21)23-7-2;1-4-23-12-7-10(8-17)5-6-11(12)21-15(16(19)22)13(18)14(20-21)9(2)3;1-4-22-11-7-9(16)5-6-10(11)20-14(15(18)21)12(17)13(19-20)8(2)3;1-5-21-12-8-10(16)6-7-11(12)20-15(18-4)13(17)14(19-20)9(2)3;1-5-18-12-8-10(14)6-7-11(12)16-17-13(15-4)9(2)3;1-2-13-8-5-6(9)3-4-7(8)10(11)12;1-2-11-8-5-6(9)3-4-7(8)10;1-4-11-8(10)7(5-9)6(2)3/h8-11H,6-7H2,1-4H3;5-7,9H,4,18H2,1-3H3,(H2,19,22);5-8H,4,17H2,1-3H3,(H2,18,21);6-9H,5,17H2,1-3H3;6-9,16H,5H2,1-3H3;3-5H,2H2,1H3;3-5H,2,10H2,1H3;6-7H,4H2,1-3H3/b;;;;17-13-;;;. The van der Waals surface area contributed by atoms with Gasteiger partial charge in [0, 0.05) is 56.9 Å². The van der Waals surface area contributed by atoms with Crippen molar-refractivity contribution in [3.8, 4) is 69.4 Å². The molecule has 2 atom stereocenters. The molecule has 0 fully saturated rings. The molecule has 0 bridgehead atoms. The fourth-order valence-corrected chi connectivity index (χ4v) is 14.1. The van der Waals surface area contributed by atoms with E-state index in [9.17, 15) is 29.3 Å². The minimum Gasteiger partial charge on any atom is -0.492 e. The van der Waals surface area contributed by atoms with Gasteiger partial charge < -0.3 is 86.7 Å². The molecular weight excluding hydrogens is 2220 g/mol. The minimum atomic E-state index is -1.69. The van der Waals surface area contributed by atoms with Gasteiger partial charge in [0.05, 0.1) is 128 Å². The fourth-order valence-electron chi connectivity index (χ4n) is 12.1. The van der Waals surface area contributed by atoms with Gasteiger partial charge >= 0.3 is 23.3 Å². The Kier molecular flexibility index (Phi) is 53.7. The number of carbonyl (C=O) groups excluding carboxylic acids is 4. The number of azo groups is 1. The van der Waals surface area contributed by atoms with Gasteiger partial charge in [-0.2, -0.15) is 30.8 Å². The Morgan fingerprint density at radius 3 is 1.28 bits per heavy atom. The van der Waals surface area contributed by atoms with Crippen molar-refractivity contribution in [1.82, 2.24) is 29.3 Å². The molecule has 10 rings (SSSR count). The first-order valence-corrected chi connectivity index (χ1v) is 49.5. The summed E-state index contributed by atoms with van der Waals surface area (Å²) in [5.74, 6) is 1.71. The molecule has 7 aromatic carbocycles. The highest BCUT2D eigenvalue weighted by Gasteiger charge is 2.52. The molecule has 0 aliphatic heterocycles. The molecule has 0 radical (unpaired) electrons. The third kappa shape index (κ3) is 36.3. The highest BCUT2D eigenvalue weighted by atomic mass is 79.9. The average Bonchev–Trinajstić information content (AvgIpc) is 1.62. The van der Waals surface area contributed by atoms with Gasteiger partial charge in [-0.15, -0.1) is 5.11 Å². The molecule has 0 aliphatic rings. The second-order valence-electron chi connectivity index (χ2n) is 31.2. The number of nitro groups is 1. The van der Waals surface area contributed by atoms with Crippen molar-refractivity contribution < 1.29 is 66.7 Å². The molecule has 0 saturated carbocycles. The number of nitrogen functional groups attached to an aromatic ring is 4. The Balaban J connectivity index is 0.000000423. The summed E-state index contributed by atoms with van der Waals surface area (Å²) >= 11 is 20.1. The van der Waals surface area contributed by atoms with E-state index >= 15 is 0 Å². The molecule has 0 spiro atoms. The van der Waals surface area contributed by atoms with Gasteiger partial charge in [-0.3, -0.25) is 29.3 Å². The number of carbonyl (C=O) groups is 4.